The molecule has 4 aromatic rings. The van der Waals surface area contributed by atoms with Crippen LogP contribution < -0.4 is 10.2 Å². The van der Waals surface area contributed by atoms with E-state index in [1.807, 2.05) is 29.2 Å². The van der Waals surface area contributed by atoms with E-state index in [0.717, 1.165) is 16.3 Å². The van der Waals surface area contributed by atoms with Crippen molar-refractivity contribution in [3.05, 3.63) is 78.1 Å². The lowest BCUT2D eigenvalue weighted by molar-refractivity contribution is 0.122. The highest BCUT2D eigenvalue weighted by molar-refractivity contribution is 5.85. The molecule has 1 aromatic heterocycles. The molecule has 5 rings (SSSR count). The van der Waals surface area contributed by atoms with E-state index in [1.165, 1.54) is 12.1 Å². The Labute approximate surface area is 190 Å². The number of ether oxygens (including phenoxy) is 1. The first-order valence-corrected chi connectivity index (χ1v) is 10.7. The minimum atomic E-state index is -0.312. The van der Waals surface area contributed by atoms with E-state index in [4.69, 9.17) is 4.74 Å². The normalized spacial score (nSPS) is 14.2. The van der Waals surface area contributed by atoms with Crippen molar-refractivity contribution in [2.24, 2.45) is 10.2 Å². The van der Waals surface area contributed by atoms with Gasteiger partial charge in [0.2, 0.25) is 11.9 Å². The lowest BCUT2D eigenvalue weighted by Gasteiger charge is -2.26. The Morgan fingerprint density at radius 2 is 1.70 bits per heavy atom. The van der Waals surface area contributed by atoms with Gasteiger partial charge in [0.1, 0.15) is 5.82 Å². The molecule has 0 bridgehead atoms. The summed E-state index contributed by atoms with van der Waals surface area (Å²) in [7, 11) is 0. The first kappa shape index (κ1) is 20.9. The van der Waals surface area contributed by atoms with Gasteiger partial charge in [0.15, 0.2) is 0 Å². The fourth-order valence-corrected chi connectivity index (χ4v) is 3.63. The number of anilines is 3. The zero-order valence-corrected chi connectivity index (χ0v) is 17.9. The summed E-state index contributed by atoms with van der Waals surface area (Å²) in [5.41, 5.74) is 1.73. The highest BCUT2D eigenvalue weighted by atomic mass is 19.1. The van der Waals surface area contributed by atoms with Crippen LogP contribution in [-0.4, -0.2) is 41.3 Å². The summed E-state index contributed by atoms with van der Waals surface area (Å²) in [6.45, 7) is 2.95. The number of halogens is 1. The molecular formula is C24H22FN7O. The third kappa shape index (κ3) is 5.09. The second-order valence-electron chi connectivity index (χ2n) is 7.53. The summed E-state index contributed by atoms with van der Waals surface area (Å²) in [6.07, 6.45) is 0. The standard InChI is InChI=1S/C24H22FN7O/c25-19-8-10-20(11-9-19)27-22-28-23(30-24(29-22)32-12-14-33-15-13-32)31-26-16-18-6-3-5-17-4-1-2-7-21(17)18/h1-11H,12-16H2,(H,27,28,29,30). The predicted octanol–water partition coefficient (Wildman–Crippen LogP) is 5.03. The van der Waals surface area contributed by atoms with Crippen LogP contribution in [0.2, 0.25) is 0 Å². The lowest BCUT2D eigenvalue weighted by Crippen LogP contribution is -2.37. The number of hydrogen-bond donors (Lipinski definition) is 1. The Hall–Kier alpha value is -3.98. The number of azo groups is 1. The summed E-state index contributed by atoms with van der Waals surface area (Å²) in [5, 5.41) is 14.0. The van der Waals surface area contributed by atoms with Crippen LogP contribution in [0.15, 0.2) is 77.0 Å². The quantitative estimate of drug-likeness (QED) is 0.421. The molecule has 0 atom stereocenters. The van der Waals surface area contributed by atoms with E-state index in [2.05, 4.69) is 48.7 Å². The summed E-state index contributed by atoms with van der Waals surface area (Å²) in [6, 6.07) is 20.3. The van der Waals surface area contributed by atoms with Gasteiger partial charge in [0.25, 0.3) is 5.95 Å². The molecule has 3 aromatic carbocycles. The highest BCUT2D eigenvalue weighted by Gasteiger charge is 2.17. The van der Waals surface area contributed by atoms with Crippen LogP contribution >= 0.6 is 0 Å². The van der Waals surface area contributed by atoms with Gasteiger partial charge in [-0.2, -0.15) is 20.1 Å². The maximum absolute atomic E-state index is 13.3. The van der Waals surface area contributed by atoms with Crippen molar-refractivity contribution in [1.82, 2.24) is 15.0 Å². The number of fused-ring (bicyclic) bond motifs is 1. The molecule has 8 nitrogen and oxygen atoms in total. The number of rotatable bonds is 6. The zero-order chi connectivity index (χ0) is 22.5. The van der Waals surface area contributed by atoms with Gasteiger partial charge in [-0.15, -0.1) is 5.11 Å². The van der Waals surface area contributed by atoms with E-state index < -0.39 is 0 Å². The average Bonchev–Trinajstić information content (AvgIpc) is 2.86. The van der Waals surface area contributed by atoms with Crippen molar-refractivity contribution in [3.8, 4) is 0 Å². The molecule has 0 radical (unpaired) electrons. The maximum atomic E-state index is 13.3. The van der Waals surface area contributed by atoms with Crippen molar-refractivity contribution < 1.29 is 9.13 Å². The molecule has 1 aliphatic rings. The molecule has 9 heteroatoms. The first-order valence-electron chi connectivity index (χ1n) is 10.7. The molecular weight excluding hydrogens is 421 g/mol. The van der Waals surface area contributed by atoms with Crippen molar-refractivity contribution in [2.45, 2.75) is 6.54 Å². The Bertz CT molecular complexity index is 1270. The van der Waals surface area contributed by atoms with E-state index in [1.54, 1.807) is 12.1 Å². The number of benzene rings is 3. The van der Waals surface area contributed by atoms with Crippen LogP contribution in [-0.2, 0) is 11.3 Å². The summed E-state index contributed by atoms with van der Waals surface area (Å²) >= 11 is 0. The summed E-state index contributed by atoms with van der Waals surface area (Å²) < 4.78 is 18.7. The minimum absolute atomic E-state index is 0.205. The monoisotopic (exact) mass is 443 g/mol. The number of aromatic nitrogens is 3. The Morgan fingerprint density at radius 1 is 0.909 bits per heavy atom. The number of nitrogens with zero attached hydrogens (tertiary/aromatic N) is 6. The van der Waals surface area contributed by atoms with Gasteiger partial charge in [0.05, 0.1) is 19.8 Å². The van der Waals surface area contributed by atoms with Crippen LogP contribution in [0.3, 0.4) is 0 Å². The zero-order valence-electron chi connectivity index (χ0n) is 17.9. The summed E-state index contributed by atoms with van der Waals surface area (Å²) in [5.74, 6) is 0.707. The second-order valence-corrected chi connectivity index (χ2v) is 7.53. The fraction of sp³-hybridized carbons (Fsp3) is 0.208. The van der Waals surface area contributed by atoms with Gasteiger partial charge in [-0.3, -0.25) is 0 Å². The molecule has 33 heavy (non-hydrogen) atoms. The maximum Gasteiger partial charge on any atom is 0.275 e. The van der Waals surface area contributed by atoms with Crippen LogP contribution in [0.4, 0.5) is 27.9 Å². The molecule has 0 amide bonds. The molecule has 0 unspecified atom stereocenters. The third-order valence-corrected chi connectivity index (χ3v) is 5.29. The van der Waals surface area contributed by atoms with Gasteiger partial charge in [-0.05, 0) is 40.6 Å². The molecule has 1 N–H and O–H groups in total. The van der Waals surface area contributed by atoms with Gasteiger partial charge in [-0.25, -0.2) is 4.39 Å². The van der Waals surface area contributed by atoms with E-state index in [-0.39, 0.29) is 11.8 Å². The van der Waals surface area contributed by atoms with Crippen LogP contribution in [0.1, 0.15) is 5.56 Å². The van der Waals surface area contributed by atoms with Crippen molar-refractivity contribution >= 4 is 34.3 Å². The Balaban J connectivity index is 1.41. The predicted molar refractivity (Wildman–Crippen MR) is 125 cm³/mol. The smallest absolute Gasteiger partial charge is 0.275 e. The van der Waals surface area contributed by atoms with E-state index >= 15 is 0 Å². The van der Waals surface area contributed by atoms with E-state index in [9.17, 15) is 4.39 Å². The topological polar surface area (TPSA) is 87.9 Å². The Morgan fingerprint density at radius 3 is 2.55 bits per heavy atom. The molecule has 166 valence electrons. The fourth-order valence-electron chi connectivity index (χ4n) is 3.63. The Kier molecular flexibility index (Phi) is 6.12. The van der Waals surface area contributed by atoms with Crippen molar-refractivity contribution in [3.63, 3.8) is 0 Å². The number of nitrogens with one attached hydrogen (secondary N) is 1. The lowest BCUT2D eigenvalue weighted by atomic mass is 10.1. The second kappa shape index (κ2) is 9.66. The number of hydrogen-bond acceptors (Lipinski definition) is 8. The van der Waals surface area contributed by atoms with Crippen LogP contribution in [0, 0.1) is 5.82 Å². The van der Waals surface area contributed by atoms with Crippen LogP contribution in [0.5, 0.6) is 0 Å². The number of morpholine rings is 1. The minimum Gasteiger partial charge on any atom is -0.378 e. The van der Waals surface area contributed by atoms with Gasteiger partial charge in [-0.1, -0.05) is 42.5 Å². The molecule has 0 saturated carbocycles. The van der Waals surface area contributed by atoms with Crippen LogP contribution in [0.25, 0.3) is 10.8 Å². The van der Waals surface area contributed by atoms with Crippen molar-refractivity contribution in [1.29, 1.82) is 0 Å². The highest BCUT2D eigenvalue weighted by Crippen LogP contribution is 2.22. The molecule has 2 heterocycles. The molecule has 1 fully saturated rings. The largest absolute Gasteiger partial charge is 0.378 e. The summed E-state index contributed by atoms with van der Waals surface area (Å²) in [4.78, 5) is 15.4. The SMILES string of the molecule is Fc1ccc(Nc2nc(N=NCc3cccc4ccccc34)nc(N3CCOCC3)n2)cc1. The van der Waals surface area contributed by atoms with Gasteiger partial charge >= 0.3 is 0 Å². The van der Waals surface area contributed by atoms with Gasteiger partial charge < -0.3 is 15.0 Å². The first-order chi connectivity index (χ1) is 16.2. The molecule has 0 aliphatic carbocycles. The van der Waals surface area contributed by atoms with Gasteiger partial charge in [0, 0.05) is 18.8 Å². The average molecular weight is 443 g/mol. The third-order valence-electron chi connectivity index (χ3n) is 5.29. The molecule has 1 saturated heterocycles. The molecule has 0 spiro atoms. The van der Waals surface area contributed by atoms with Crippen molar-refractivity contribution in [2.75, 3.05) is 36.5 Å². The molecule has 1 aliphatic heterocycles. The van der Waals surface area contributed by atoms with E-state index in [0.29, 0.717) is 50.4 Å².